The Kier molecular flexibility index (Phi) is 5.99. The van der Waals surface area contributed by atoms with Crippen molar-refractivity contribution in [3.63, 3.8) is 0 Å². The van der Waals surface area contributed by atoms with Gasteiger partial charge in [-0.25, -0.2) is 0 Å². The number of nitrogens with two attached hydrogens (primary N) is 2. The molecule has 0 bridgehead atoms. The van der Waals surface area contributed by atoms with Gasteiger partial charge < -0.3 is 21.7 Å². The molecule has 0 aliphatic carbocycles. The van der Waals surface area contributed by atoms with Gasteiger partial charge in [0.05, 0.1) is 13.1 Å². The molecule has 6 heteroatoms. The quantitative estimate of drug-likeness (QED) is 0.617. The van der Waals surface area contributed by atoms with Gasteiger partial charge in [-0.2, -0.15) is 0 Å². The van der Waals surface area contributed by atoms with Crippen LogP contribution in [-0.4, -0.2) is 31.4 Å². The highest BCUT2D eigenvalue weighted by atomic mass is 16.2. The second-order valence-corrected chi connectivity index (χ2v) is 4.68. The van der Waals surface area contributed by atoms with Gasteiger partial charge in [0.2, 0.25) is 11.8 Å². The molecule has 20 heavy (non-hydrogen) atoms. The third-order valence-electron chi connectivity index (χ3n) is 2.95. The molecule has 1 aromatic rings. The Labute approximate surface area is 119 Å². The van der Waals surface area contributed by atoms with E-state index in [1.807, 2.05) is 32.0 Å². The van der Waals surface area contributed by atoms with Gasteiger partial charge in [-0.05, 0) is 36.7 Å². The molecule has 0 heterocycles. The molecular formula is C14H22N4O2. The van der Waals surface area contributed by atoms with Gasteiger partial charge in [0.1, 0.15) is 0 Å². The average Bonchev–Trinajstić information content (AvgIpc) is 2.35. The van der Waals surface area contributed by atoms with E-state index in [0.29, 0.717) is 0 Å². The van der Waals surface area contributed by atoms with Crippen molar-refractivity contribution < 1.29 is 9.59 Å². The maximum Gasteiger partial charge on any atom is 0.236 e. The number of benzene rings is 1. The normalized spacial score (nSPS) is 10.3. The second-order valence-electron chi connectivity index (χ2n) is 4.68. The first kappa shape index (κ1) is 16.0. The van der Waals surface area contributed by atoms with Gasteiger partial charge in [0.25, 0.3) is 0 Å². The van der Waals surface area contributed by atoms with Gasteiger partial charge in [0, 0.05) is 12.2 Å². The van der Waals surface area contributed by atoms with Crippen LogP contribution in [0.5, 0.6) is 0 Å². The number of carbonyl (C=O) groups excluding carboxylic acids is 2. The van der Waals surface area contributed by atoms with E-state index >= 15 is 0 Å². The van der Waals surface area contributed by atoms with Crippen LogP contribution in [0.2, 0.25) is 0 Å². The standard InChI is InChI=1S/C14H22N4O2/c1-3-17-7-11-4-5-12(6-10(11)2)18(8-13(15)19)9-14(16)20/h4-6,17H,3,7-9H2,1-2H3,(H2,15,19)(H2,16,20). The Hall–Kier alpha value is -2.08. The third kappa shape index (κ3) is 4.89. The zero-order valence-electron chi connectivity index (χ0n) is 12.0. The number of nitrogens with zero attached hydrogens (tertiary/aromatic N) is 1. The summed E-state index contributed by atoms with van der Waals surface area (Å²) in [5.41, 5.74) is 13.4. The molecule has 0 radical (unpaired) electrons. The van der Waals surface area contributed by atoms with Crippen molar-refractivity contribution in [2.75, 3.05) is 24.5 Å². The molecule has 0 spiro atoms. The summed E-state index contributed by atoms with van der Waals surface area (Å²) in [4.78, 5) is 23.7. The maximum atomic E-state index is 11.1. The predicted octanol–water partition coefficient (Wildman–Crippen LogP) is -0.118. The second kappa shape index (κ2) is 7.49. The van der Waals surface area contributed by atoms with Crippen LogP contribution in [0, 0.1) is 6.92 Å². The molecule has 0 saturated heterocycles. The Morgan fingerprint density at radius 2 is 1.80 bits per heavy atom. The van der Waals surface area contributed by atoms with Gasteiger partial charge in [-0.15, -0.1) is 0 Å². The van der Waals surface area contributed by atoms with Crippen molar-refractivity contribution >= 4 is 17.5 Å². The zero-order chi connectivity index (χ0) is 15.1. The molecule has 110 valence electrons. The molecule has 0 atom stereocenters. The largest absolute Gasteiger partial charge is 0.368 e. The van der Waals surface area contributed by atoms with E-state index in [2.05, 4.69) is 5.32 Å². The van der Waals surface area contributed by atoms with Crippen LogP contribution in [0.4, 0.5) is 5.69 Å². The summed E-state index contributed by atoms with van der Waals surface area (Å²) in [6, 6.07) is 5.77. The molecule has 0 aliphatic heterocycles. The van der Waals surface area contributed by atoms with Gasteiger partial charge in [0.15, 0.2) is 0 Å². The molecule has 0 fully saturated rings. The number of anilines is 1. The van der Waals surface area contributed by atoms with Crippen LogP contribution >= 0.6 is 0 Å². The van der Waals surface area contributed by atoms with Crippen LogP contribution in [0.15, 0.2) is 18.2 Å². The minimum Gasteiger partial charge on any atom is -0.368 e. The van der Waals surface area contributed by atoms with Gasteiger partial charge in [-0.3, -0.25) is 9.59 Å². The molecule has 0 unspecified atom stereocenters. The van der Waals surface area contributed by atoms with Gasteiger partial charge >= 0.3 is 0 Å². The number of nitrogens with one attached hydrogen (secondary N) is 1. The van der Waals surface area contributed by atoms with Crippen molar-refractivity contribution in [2.45, 2.75) is 20.4 Å². The molecule has 0 saturated carbocycles. The first-order valence-corrected chi connectivity index (χ1v) is 6.55. The van der Waals surface area contributed by atoms with E-state index in [1.54, 1.807) is 4.90 Å². The molecule has 0 aromatic heterocycles. The van der Waals surface area contributed by atoms with Crippen molar-refractivity contribution in [3.05, 3.63) is 29.3 Å². The summed E-state index contributed by atoms with van der Waals surface area (Å²) >= 11 is 0. The van der Waals surface area contributed by atoms with E-state index in [4.69, 9.17) is 11.5 Å². The minimum atomic E-state index is -0.499. The highest BCUT2D eigenvalue weighted by Crippen LogP contribution is 2.19. The average molecular weight is 278 g/mol. The van der Waals surface area contributed by atoms with E-state index in [0.717, 1.165) is 24.3 Å². The number of hydrogen-bond acceptors (Lipinski definition) is 4. The van der Waals surface area contributed by atoms with Crippen molar-refractivity contribution in [1.82, 2.24) is 5.32 Å². The molecule has 2 amide bonds. The number of aryl methyl sites for hydroxylation is 1. The Bertz CT molecular complexity index is 472. The number of amides is 2. The molecule has 1 rings (SSSR count). The predicted molar refractivity (Wildman–Crippen MR) is 79.2 cm³/mol. The highest BCUT2D eigenvalue weighted by Gasteiger charge is 2.13. The molecule has 0 aliphatic rings. The van der Waals surface area contributed by atoms with Crippen LogP contribution < -0.4 is 21.7 Å². The third-order valence-corrected chi connectivity index (χ3v) is 2.95. The first-order chi connectivity index (χ1) is 9.43. The van der Waals surface area contributed by atoms with Crippen LogP contribution in [-0.2, 0) is 16.1 Å². The lowest BCUT2D eigenvalue weighted by Gasteiger charge is -2.22. The molecule has 5 N–H and O–H groups in total. The number of rotatable bonds is 8. The zero-order valence-corrected chi connectivity index (χ0v) is 12.0. The summed E-state index contributed by atoms with van der Waals surface area (Å²) in [5, 5.41) is 3.26. The lowest BCUT2D eigenvalue weighted by Crippen LogP contribution is -2.39. The highest BCUT2D eigenvalue weighted by molar-refractivity contribution is 5.84. The number of carbonyl (C=O) groups is 2. The Morgan fingerprint density at radius 1 is 1.20 bits per heavy atom. The lowest BCUT2D eigenvalue weighted by molar-refractivity contribution is -0.117. The first-order valence-electron chi connectivity index (χ1n) is 6.55. The van der Waals surface area contributed by atoms with E-state index in [9.17, 15) is 9.59 Å². The van der Waals surface area contributed by atoms with E-state index in [-0.39, 0.29) is 13.1 Å². The lowest BCUT2D eigenvalue weighted by atomic mass is 10.1. The van der Waals surface area contributed by atoms with E-state index in [1.165, 1.54) is 5.56 Å². The summed E-state index contributed by atoms with van der Waals surface area (Å²) < 4.78 is 0. The summed E-state index contributed by atoms with van der Waals surface area (Å²) in [5.74, 6) is -0.999. The SMILES string of the molecule is CCNCc1ccc(N(CC(N)=O)CC(N)=O)cc1C. The molecule has 6 nitrogen and oxygen atoms in total. The molecular weight excluding hydrogens is 256 g/mol. The van der Waals surface area contributed by atoms with Crippen LogP contribution in [0.3, 0.4) is 0 Å². The number of primary amides is 2. The summed E-state index contributed by atoms with van der Waals surface area (Å²) in [6.07, 6.45) is 0. The van der Waals surface area contributed by atoms with E-state index < -0.39 is 11.8 Å². The topological polar surface area (TPSA) is 101 Å². The molecule has 1 aromatic carbocycles. The number of hydrogen-bond donors (Lipinski definition) is 3. The fraction of sp³-hybridized carbons (Fsp3) is 0.429. The Morgan fingerprint density at radius 3 is 2.25 bits per heavy atom. The Balaban J connectivity index is 2.93. The maximum absolute atomic E-state index is 11.1. The fourth-order valence-corrected chi connectivity index (χ4v) is 1.95. The van der Waals surface area contributed by atoms with Crippen molar-refractivity contribution in [1.29, 1.82) is 0 Å². The summed E-state index contributed by atoms with van der Waals surface area (Å²) in [7, 11) is 0. The summed E-state index contributed by atoms with van der Waals surface area (Å²) in [6.45, 7) is 5.66. The van der Waals surface area contributed by atoms with Crippen LogP contribution in [0.25, 0.3) is 0 Å². The monoisotopic (exact) mass is 278 g/mol. The van der Waals surface area contributed by atoms with Crippen LogP contribution in [0.1, 0.15) is 18.1 Å². The van der Waals surface area contributed by atoms with Crippen molar-refractivity contribution in [2.24, 2.45) is 11.5 Å². The minimum absolute atomic E-state index is 0.0328. The van der Waals surface area contributed by atoms with Gasteiger partial charge in [-0.1, -0.05) is 13.0 Å². The smallest absolute Gasteiger partial charge is 0.236 e. The van der Waals surface area contributed by atoms with Crippen molar-refractivity contribution in [3.8, 4) is 0 Å². The fourth-order valence-electron chi connectivity index (χ4n) is 1.95.